The SMILES string of the molecule is CC(Oc1cc[c-]cc1)C(C)Oc1cc[c-]cc1.[Li+].[Li+]. The largest absolute Gasteiger partial charge is 1.00 e. The summed E-state index contributed by atoms with van der Waals surface area (Å²) in [5.41, 5.74) is 0. The zero-order chi connectivity index (χ0) is 12.8. The first-order valence-electron chi connectivity index (χ1n) is 6.01. The normalized spacial score (nSPS) is 12.3. The smallest absolute Gasteiger partial charge is 0.512 e. The number of benzene rings is 2. The standard InChI is InChI=1S/C16H16O2.2Li/c1-13(17-15-9-5-3-6-10-15)14(2)18-16-11-7-4-8-12-16;;/h5-14H,1-2H3;;/q-2;2*+1. The summed E-state index contributed by atoms with van der Waals surface area (Å²) in [6.07, 6.45) is -0.0619. The Morgan fingerprint density at radius 1 is 0.700 bits per heavy atom. The third kappa shape index (κ3) is 6.12. The summed E-state index contributed by atoms with van der Waals surface area (Å²) in [5.74, 6) is 1.66. The molecule has 0 aliphatic rings. The van der Waals surface area contributed by atoms with E-state index in [1.54, 1.807) is 0 Å². The van der Waals surface area contributed by atoms with Gasteiger partial charge in [-0.1, -0.05) is 0 Å². The Hall–Kier alpha value is -0.765. The monoisotopic (exact) mass is 254 g/mol. The van der Waals surface area contributed by atoms with E-state index >= 15 is 0 Å². The average molecular weight is 254 g/mol. The third-order valence-corrected chi connectivity index (χ3v) is 2.68. The van der Waals surface area contributed by atoms with E-state index in [-0.39, 0.29) is 49.9 Å². The van der Waals surface area contributed by atoms with Crippen LogP contribution in [0.2, 0.25) is 0 Å². The summed E-state index contributed by atoms with van der Waals surface area (Å²) in [7, 11) is 0. The number of rotatable bonds is 5. The zero-order valence-electron chi connectivity index (χ0n) is 12.6. The second kappa shape index (κ2) is 10.0. The Morgan fingerprint density at radius 3 is 1.30 bits per heavy atom. The molecule has 4 heteroatoms. The minimum atomic E-state index is -0.0309. The third-order valence-electron chi connectivity index (χ3n) is 2.68. The van der Waals surface area contributed by atoms with Crippen LogP contribution in [0.4, 0.5) is 0 Å². The topological polar surface area (TPSA) is 18.5 Å². The molecular formula is C16H16Li2O2. The maximum Gasteiger partial charge on any atom is 1.00 e. The quantitative estimate of drug-likeness (QED) is 0.435. The van der Waals surface area contributed by atoms with Crippen molar-refractivity contribution in [3.8, 4) is 11.5 Å². The second-order valence-corrected chi connectivity index (χ2v) is 4.12. The van der Waals surface area contributed by atoms with Crippen molar-refractivity contribution in [3.05, 3.63) is 60.7 Å². The average Bonchev–Trinajstić information content (AvgIpc) is 2.41. The molecule has 20 heavy (non-hydrogen) atoms. The molecule has 0 heterocycles. The Bertz CT molecular complexity index is 417. The second-order valence-electron chi connectivity index (χ2n) is 4.12. The van der Waals surface area contributed by atoms with Crippen LogP contribution in [-0.2, 0) is 0 Å². The molecule has 94 valence electrons. The molecule has 0 amide bonds. The van der Waals surface area contributed by atoms with E-state index in [1.165, 1.54) is 0 Å². The van der Waals surface area contributed by atoms with Gasteiger partial charge in [-0.2, -0.15) is 36.4 Å². The van der Waals surface area contributed by atoms with Gasteiger partial charge in [-0.25, -0.2) is 0 Å². The fraction of sp³-hybridized carbons (Fsp3) is 0.250. The molecule has 2 rings (SSSR count). The molecule has 0 saturated heterocycles. The summed E-state index contributed by atoms with van der Waals surface area (Å²) in [5, 5.41) is 0. The van der Waals surface area contributed by atoms with Gasteiger partial charge >= 0.3 is 37.7 Å². The molecule has 0 saturated carbocycles. The van der Waals surface area contributed by atoms with E-state index < -0.39 is 0 Å². The maximum absolute atomic E-state index is 5.80. The molecular weight excluding hydrogens is 238 g/mol. The summed E-state index contributed by atoms with van der Waals surface area (Å²) in [6.45, 7) is 3.99. The van der Waals surface area contributed by atoms with Gasteiger partial charge in [0.25, 0.3) is 0 Å². The maximum atomic E-state index is 5.80. The molecule has 0 aliphatic heterocycles. The van der Waals surface area contributed by atoms with Crippen molar-refractivity contribution in [2.75, 3.05) is 0 Å². The van der Waals surface area contributed by atoms with E-state index in [0.29, 0.717) is 0 Å². The molecule has 2 aromatic carbocycles. The number of ether oxygens (including phenoxy) is 2. The van der Waals surface area contributed by atoms with Crippen LogP contribution in [0.1, 0.15) is 13.8 Å². The minimum absolute atomic E-state index is 0. The summed E-state index contributed by atoms with van der Waals surface area (Å²) in [6, 6.07) is 20.8. The molecule has 0 aliphatic carbocycles. The first-order chi connectivity index (χ1) is 8.75. The Labute approximate surface area is 145 Å². The van der Waals surface area contributed by atoms with Crippen molar-refractivity contribution < 1.29 is 47.2 Å². The fourth-order valence-electron chi connectivity index (χ4n) is 1.52. The molecule has 0 fully saturated rings. The van der Waals surface area contributed by atoms with Crippen molar-refractivity contribution in [2.45, 2.75) is 26.1 Å². The van der Waals surface area contributed by atoms with Crippen LogP contribution in [0, 0.1) is 12.1 Å². The molecule has 0 spiro atoms. The molecule has 0 N–H and O–H groups in total. The molecule has 2 unspecified atom stereocenters. The summed E-state index contributed by atoms with van der Waals surface area (Å²) in [4.78, 5) is 0. The van der Waals surface area contributed by atoms with Crippen molar-refractivity contribution in [1.82, 2.24) is 0 Å². The van der Waals surface area contributed by atoms with Crippen LogP contribution < -0.4 is 47.2 Å². The van der Waals surface area contributed by atoms with Gasteiger partial charge in [-0.3, -0.25) is 0 Å². The van der Waals surface area contributed by atoms with E-state index in [0.717, 1.165) is 11.5 Å². The Kier molecular flexibility index (Phi) is 9.65. The van der Waals surface area contributed by atoms with E-state index in [9.17, 15) is 0 Å². The van der Waals surface area contributed by atoms with Crippen LogP contribution in [0.5, 0.6) is 11.5 Å². The number of hydrogen-bond donors (Lipinski definition) is 0. The Balaban J connectivity index is 0.00000180. The molecule has 2 aromatic rings. The van der Waals surface area contributed by atoms with Crippen LogP contribution in [0.25, 0.3) is 0 Å². The van der Waals surface area contributed by atoms with Gasteiger partial charge in [0.2, 0.25) is 0 Å². The van der Waals surface area contributed by atoms with Crippen molar-refractivity contribution in [1.29, 1.82) is 0 Å². The van der Waals surface area contributed by atoms with Gasteiger partial charge in [0.05, 0.1) is 0 Å². The van der Waals surface area contributed by atoms with Gasteiger partial charge in [0, 0.05) is 11.5 Å². The van der Waals surface area contributed by atoms with Gasteiger partial charge in [-0.15, -0.1) is 24.3 Å². The van der Waals surface area contributed by atoms with Crippen LogP contribution in [0.15, 0.2) is 48.5 Å². The first kappa shape index (κ1) is 19.2. The summed E-state index contributed by atoms with van der Waals surface area (Å²) < 4.78 is 11.6. The van der Waals surface area contributed by atoms with Gasteiger partial charge < -0.3 is 9.47 Å². The van der Waals surface area contributed by atoms with Gasteiger partial charge in [0.15, 0.2) is 0 Å². The predicted molar refractivity (Wildman–Crippen MR) is 70.7 cm³/mol. The Morgan fingerprint density at radius 2 is 1.00 bits per heavy atom. The first-order valence-corrected chi connectivity index (χ1v) is 6.01. The predicted octanol–water partition coefficient (Wildman–Crippen LogP) is -2.47. The van der Waals surface area contributed by atoms with Crippen LogP contribution >= 0.6 is 0 Å². The molecule has 2 nitrogen and oxygen atoms in total. The van der Waals surface area contributed by atoms with E-state index in [4.69, 9.17) is 9.47 Å². The molecule has 2 atom stereocenters. The van der Waals surface area contributed by atoms with Crippen molar-refractivity contribution >= 4 is 0 Å². The van der Waals surface area contributed by atoms with Crippen molar-refractivity contribution in [2.24, 2.45) is 0 Å². The van der Waals surface area contributed by atoms with E-state index in [2.05, 4.69) is 12.1 Å². The summed E-state index contributed by atoms with van der Waals surface area (Å²) >= 11 is 0. The molecule has 0 bridgehead atoms. The van der Waals surface area contributed by atoms with Gasteiger partial charge in [0.1, 0.15) is 12.2 Å². The fourth-order valence-corrected chi connectivity index (χ4v) is 1.52. The zero-order valence-corrected chi connectivity index (χ0v) is 12.6. The molecule has 0 radical (unpaired) electrons. The van der Waals surface area contributed by atoms with Crippen LogP contribution in [0.3, 0.4) is 0 Å². The number of hydrogen-bond acceptors (Lipinski definition) is 2. The van der Waals surface area contributed by atoms with E-state index in [1.807, 2.05) is 62.4 Å². The minimum Gasteiger partial charge on any atom is -0.512 e. The van der Waals surface area contributed by atoms with Crippen LogP contribution in [-0.4, -0.2) is 12.2 Å². The molecule has 0 aromatic heterocycles. The van der Waals surface area contributed by atoms with Crippen molar-refractivity contribution in [3.63, 3.8) is 0 Å². The van der Waals surface area contributed by atoms with Gasteiger partial charge in [-0.05, 0) is 13.8 Å².